The van der Waals surface area contributed by atoms with E-state index >= 15 is 0 Å². The molecule has 1 aromatic carbocycles. The average molecular weight is 304 g/mol. The van der Waals surface area contributed by atoms with Crippen LogP contribution in [0.5, 0.6) is 0 Å². The van der Waals surface area contributed by atoms with Crippen LogP contribution in [-0.2, 0) is 11.3 Å². The molecule has 0 unspecified atom stereocenters. The number of hydrogen-bond donors (Lipinski definition) is 0. The van der Waals surface area contributed by atoms with Crippen molar-refractivity contribution in [2.45, 2.75) is 12.8 Å². The second-order valence-electron chi connectivity index (χ2n) is 5.45. The predicted molar refractivity (Wildman–Crippen MR) is 89.2 cm³/mol. The van der Waals surface area contributed by atoms with Crippen molar-refractivity contribution in [3.63, 3.8) is 0 Å². The van der Waals surface area contributed by atoms with Crippen LogP contribution < -0.4 is 0 Å². The van der Waals surface area contributed by atoms with E-state index in [2.05, 4.69) is 28.3 Å². The minimum Gasteiger partial charge on any atom is -0.464 e. The third-order valence-electron chi connectivity index (χ3n) is 4.20. The number of pyridine rings is 1. The van der Waals surface area contributed by atoms with Gasteiger partial charge in [-0.2, -0.15) is 0 Å². The molecule has 0 saturated heterocycles. The lowest BCUT2D eigenvalue weighted by Crippen LogP contribution is -1.95. The summed E-state index contributed by atoms with van der Waals surface area (Å²) < 4.78 is 5.76. The largest absolute Gasteiger partial charge is 0.464 e. The zero-order valence-corrected chi connectivity index (χ0v) is 12.8. The average Bonchev–Trinajstić information content (AvgIpc) is 3.23. The first-order chi connectivity index (χ1) is 11.4. The second-order valence-corrected chi connectivity index (χ2v) is 5.45. The number of furan rings is 1. The molecule has 2 aromatic heterocycles. The molecule has 0 amide bonds. The molecule has 0 saturated carbocycles. The molecule has 4 nitrogen and oxygen atoms in total. The molecule has 1 aliphatic carbocycles. The number of rotatable bonds is 3. The summed E-state index contributed by atoms with van der Waals surface area (Å²) in [5.41, 5.74) is 6.82. The maximum Gasteiger partial charge on any atom is 0.141 e. The molecule has 0 N–H and O–H groups in total. The molecule has 0 spiro atoms. The molecule has 114 valence electrons. The molecule has 3 aromatic rings. The Hall–Kier alpha value is -2.88. The van der Waals surface area contributed by atoms with Gasteiger partial charge in [0.05, 0.1) is 12.0 Å². The predicted octanol–water partition coefficient (Wildman–Crippen LogP) is 4.31. The molecule has 0 radical (unpaired) electrons. The normalized spacial score (nSPS) is 14.9. The Morgan fingerprint density at radius 2 is 1.83 bits per heavy atom. The van der Waals surface area contributed by atoms with Gasteiger partial charge in [0.25, 0.3) is 0 Å². The van der Waals surface area contributed by atoms with Crippen LogP contribution in [0.2, 0.25) is 0 Å². The number of oxime groups is 1. The SMILES string of the molecule is CO/N=C1\CCc2c1cccc2-c1ccoc1-c1ccncc1. The maximum atomic E-state index is 5.76. The van der Waals surface area contributed by atoms with E-state index in [0.29, 0.717) is 0 Å². The van der Waals surface area contributed by atoms with Crippen LogP contribution in [-0.4, -0.2) is 17.8 Å². The summed E-state index contributed by atoms with van der Waals surface area (Å²) in [6.45, 7) is 0. The smallest absolute Gasteiger partial charge is 0.141 e. The van der Waals surface area contributed by atoms with Crippen molar-refractivity contribution >= 4 is 5.71 Å². The van der Waals surface area contributed by atoms with E-state index in [-0.39, 0.29) is 0 Å². The van der Waals surface area contributed by atoms with Crippen LogP contribution in [0.3, 0.4) is 0 Å². The van der Waals surface area contributed by atoms with Gasteiger partial charge in [-0.1, -0.05) is 23.4 Å². The van der Waals surface area contributed by atoms with E-state index in [1.807, 2.05) is 18.2 Å². The van der Waals surface area contributed by atoms with Crippen molar-refractivity contribution in [2.75, 3.05) is 7.11 Å². The van der Waals surface area contributed by atoms with Crippen molar-refractivity contribution in [1.29, 1.82) is 0 Å². The van der Waals surface area contributed by atoms with Crippen LogP contribution in [0, 0.1) is 0 Å². The fraction of sp³-hybridized carbons (Fsp3) is 0.158. The van der Waals surface area contributed by atoms with Crippen molar-refractivity contribution in [3.05, 3.63) is 66.2 Å². The minimum atomic E-state index is 0.873. The molecular formula is C19H16N2O2. The summed E-state index contributed by atoms with van der Waals surface area (Å²) in [5.74, 6) is 0.873. The first-order valence-corrected chi connectivity index (χ1v) is 7.59. The van der Waals surface area contributed by atoms with E-state index in [4.69, 9.17) is 9.25 Å². The summed E-state index contributed by atoms with van der Waals surface area (Å²) in [7, 11) is 1.59. The minimum absolute atomic E-state index is 0.873. The van der Waals surface area contributed by atoms with Gasteiger partial charge in [-0.3, -0.25) is 4.98 Å². The molecule has 1 aliphatic rings. The monoisotopic (exact) mass is 304 g/mol. The fourth-order valence-corrected chi connectivity index (χ4v) is 3.21. The number of aromatic nitrogens is 1. The summed E-state index contributed by atoms with van der Waals surface area (Å²) in [6.07, 6.45) is 7.17. The van der Waals surface area contributed by atoms with Gasteiger partial charge in [0.15, 0.2) is 0 Å². The summed E-state index contributed by atoms with van der Waals surface area (Å²) >= 11 is 0. The van der Waals surface area contributed by atoms with Gasteiger partial charge >= 0.3 is 0 Å². The lowest BCUT2D eigenvalue weighted by atomic mass is 9.95. The van der Waals surface area contributed by atoms with E-state index < -0.39 is 0 Å². The van der Waals surface area contributed by atoms with Gasteiger partial charge in [0.1, 0.15) is 12.9 Å². The highest BCUT2D eigenvalue weighted by Crippen LogP contribution is 2.38. The van der Waals surface area contributed by atoms with E-state index in [1.54, 1.807) is 25.8 Å². The van der Waals surface area contributed by atoms with Crippen LogP contribution in [0.4, 0.5) is 0 Å². The molecule has 0 bridgehead atoms. The van der Waals surface area contributed by atoms with E-state index in [1.165, 1.54) is 16.7 Å². The van der Waals surface area contributed by atoms with Crippen molar-refractivity contribution < 1.29 is 9.25 Å². The second kappa shape index (κ2) is 5.72. The maximum absolute atomic E-state index is 5.76. The van der Waals surface area contributed by atoms with Crippen LogP contribution >= 0.6 is 0 Å². The molecule has 2 heterocycles. The van der Waals surface area contributed by atoms with Gasteiger partial charge in [0.2, 0.25) is 0 Å². The Labute approximate surface area is 134 Å². The zero-order chi connectivity index (χ0) is 15.6. The Kier molecular flexibility index (Phi) is 3.42. The highest BCUT2D eigenvalue weighted by molar-refractivity contribution is 6.06. The van der Waals surface area contributed by atoms with Gasteiger partial charge in [-0.25, -0.2) is 0 Å². The fourth-order valence-electron chi connectivity index (χ4n) is 3.21. The number of nitrogens with zero attached hydrogens (tertiary/aromatic N) is 2. The topological polar surface area (TPSA) is 47.6 Å². The third kappa shape index (κ3) is 2.32. The Morgan fingerprint density at radius 3 is 2.65 bits per heavy atom. The first-order valence-electron chi connectivity index (χ1n) is 7.59. The highest BCUT2D eigenvalue weighted by Gasteiger charge is 2.23. The molecule has 23 heavy (non-hydrogen) atoms. The number of hydrogen-bond acceptors (Lipinski definition) is 4. The molecule has 0 atom stereocenters. The quantitative estimate of drug-likeness (QED) is 0.678. The Balaban J connectivity index is 1.86. The molecular weight excluding hydrogens is 288 g/mol. The summed E-state index contributed by atoms with van der Waals surface area (Å²) in [6, 6.07) is 12.3. The molecule has 0 aliphatic heterocycles. The van der Waals surface area contributed by atoms with Gasteiger partial charge in [0, 0.05) is 29.1 Å². The Bertz CT molecular complexity index is 866. The van der Waals surface area contributed by atoms with Crippen molar-refractivity contribution in [1.82, 2.24) is 4.98 Å². The van der Waals surface area contributed by atoms with Gasteiger partial charge < -0.3 is 9.25 Å². The molecule has 4 heteroatoms. The van der Waals surface area contributed by atoms with Gasteiger partial charge in [-0.15, -0.1) is 0 Å². The number of fused-ring (bicyclic) bond motifs is 1. The third-order valence-corrected chi connectivity index (χ3v) is 4.20. The summed E-state index contributed by atoms with van der Waals surface area (Å²) in [5, 5.41) is 4.15. The standard InChI is InChI=1S/C19H16N2O2/c1-22-21-18-6-5-15-14(3-2-4-16(15)18)17-9-12-23-19(17)13-7-10-20-11-8-13/h2-4,7-12H,5-6H2,1H3/b21-18+. The Morgan fingerprint density at radius 1 is 1.00 bits per heavy atom. The van der Waals surface area contributed by atoms with Crippen LogP contribution in [0.1, 0.15) is 17.5 Å². The zero-order valence-electron chi connectivity index (χ0n) is 12.8. The lowest BCUT2D eigenvalue weighted by Gasteiger charge is -2.08. The van der Waals surface area contributed by atoms with Crippen molar-refractivity contribution in [3.8, 4) is 22.5 Å². The lowest BCUT2D eigenvalue weighted by molar-refractivity contribution is 0.213. The van der Waals surface area contributed by atoms with Crippen LogP contribution in [0.25, 0.3) is 22.5 Å². The first kappa shape index (κ1) is 13.8. The van der Waals surface area contributed by atoms with Crippen LogP contribution in [0.15, 0.2) is 64.6 Å². The molecule has 0 fully saturated rings. The van der Waals surface area contributed by atoms with Gasteiger partial charge in [-0.05, 0) is 42.2 Å². The van der Waals surface area contributed by atoms with E-state index in [9.17, 15) is 0 Å². The summed E-state index contributed by atoms with van der Waals surface area (Å²) in [4.78, 5) is 9.04. The number of benzene rings is 1. The molecule has 4 rings (SSSR count). The van der Waals surface area contributed by atoms with E-state index in [0.717, 1.165) is 35.4 Å². The highest BCUT2D eigenvalue weighted by atomic mass is 16.6. The van der Waals surface area contributed by atoms with Crippen molar-refractivity contribution in [2.24, 2.45) is 5.16 Å².